The van der Waals surface area contributed by atoms with Gasteiger partial charge < -0.3 is 4.74 Å². The molecule has 0 amide bonds. The highest BCUT2D eigenvalue weighted by atomic mass is 79.9. The highest BCUT2D eigenvalue weighted by Crippen LogP contribution is 2.38. The minimum absolute atomic E-state index is 0.133. The molecule has 0 radical (unpaired) electrons. The zero-order valence-corrected chi connectivity index (χ0v) is 18.9. The van der Waals surface area contributed by atoms with Gasteiger partial charge in [-0.05, 0) is 64.8 Å². The van der Waals surface area contributed by atoms with E-state index < -0.39 is 5.25 Å². The van der Waals surface area contributed by atoms with Gasteiger partial charge in [-0.3, -0.25) is 14.7 Å². The van der Waals surface area contributed by atoms with Crippen LogP contribution in [0.5, 0.6) is 5.75 Å². The molecule has 0 saturated heterocycles. The van der Waals surface area contributed by atoms with Crippen molar-refractivity contribution in [2.75, 3.05) is 13.2 Å². The summed E-state index contributed by atoms with van der Waals surface area (Å²) in [6.45, 7) is 1.67. The quantitative estimate of drug-likeness (QED) is 0.182. The number of halogens is 2. The summed E-state index contributed by atoms with van der Waals surface area (Å²) in [5.41, 5.74) is 1.57. The minimum Gasteiger partial charge on any atom is -0.480 e. The number of rotatable bonds is 8. The Morgan fingerprint density at radius 2 is 2.07 bits per heavy atom. The maximum absolute atomic E-state index is 11.3. The Kier molecular flexibility index (Phi) is 7.37. The van der Waals surface area contributed by atoms with Crippen molar-refractivity contribution in [1.82, 2.24) is 14.8 Å². The highest BCUT2D eigenvalue weighted by molar-refractivity contribution is 9.10. The molecule has 0 aliphatic carbocycles. The molecule has 7 nitrogen and oxygen atoms in total. The maximum Gasteiger partial charge on any atom is 0.220 e. The summed E-state index contributed by atoms with van der Waals surface area (Å²) in [7, 11) is 0. The summed E-state index contributed by atoms with van der Waals surface area (Å²) in [6, 6.07) is 12.5. The van der Waals surface area contributed by atoms with Gasteiger partial charge in [-0.1, -0.05) is 35.3 Å². The van der Waals surface area contributed by atoms with Crippen LogP contribution in [0.15, 0.2) is 52.1 Å². The van der Waals surface area contributed by atoms with Crippen molar-refractivity contribution in [3.05, 3.63) is 73.5 Å². The maximum atomic E-state index is 11.3. The third-order valence-corrected chi connectivity index (χ3v) is 6.13. The predicted octanol–water partition coefficient (Wildman–Crippen LogP) is 5.11. The summed E-state index contributed by atoms with van der Waals surface area (Å²) < 4.78 is 7.96. The number of aromatic nitrogens is 3. The van der Waals surface area contributed by atoms with E-state index in [1.54, 1.807) is 30.3 Å². The van der Waals surface area contributed by atoms with Gasteiger partial charge in [-0.15, -0.1) is 16.6 Å². The second-order valence-electron chi connectivity index (χ2n) is 6.15. The third-order valence-electron chi connectivity index (χ3n) is 4.08. The van der Waals surface area contributed by atoms with Crippen LogP contribution in [0.3, 0.4) is 0 Å². The second kappa shape index (κ2) is 9.98. The summed E-state index contributed by atoms with van der Waals surface area (Å²) >= 11 is 10.7. The lowest BCUT2D eigenvalue weighted by molar-refractivity contribution is -0.479. The first kappa shape index (κ1) is 22.2. The van der Waals surface area contributed by atoms with Crippen LogP contribution in [0.1, 0.15) is 16.6 Å². The lowest BCUT2D eigenvalue weighted by Gasteiger charge is -2.15. The van der Waals surface area contributed by atoms with E-state index in [1.165, 1.54) is 11.8 Å². The zero-order valence-electron chi connectivity index (χ0n) is 15.8. The highest BCUT2D eigenvalue weighted by Gasteiger charge is 2.24. The fourth-order valence-corrected chi connectivity index (χ4v) is 4.54. The lowest BCUT2D eigenvalue weighted by Crippen LogP contribution is -2.11. The summed E-state index contributed by atoms with van der Waals surface area (Å²) in [5.74, 6) is 3.64. The van der Waals surface area contributed by atoms with Gasteiger partial charge in [0, 0.05) is 15.6 Å². The van der Waals surface area contributed by atoms with Crippen LogP contribution in [0, 0.1) is 29.4 Å². The normalized spacial score (nSPS) is 11.7. The molecule has 3 rings (SSSR count). The largest absolute Gasteiger partial charge is 0.480 e. The van der Waals surface area contributed by atoms with Crippen LogP contribution >= 0.6 is 39.3 Å². The Balaban J connectivity index is 1.93. The molecule has 1 atom stereocenters. The molecule has 0 unspecified atom stereocenters. The number of hydrogen-bond acceptors (Lipinski definition) is 6. The predicted molar refractivity (Wildman–Crippen MR) is 120 cm³/mol. The molecule has 0 aliphatic rings. The molecule has 1 aromatic heterocycles. The molecule has 30 heavy (non-hydrogen) atoms. The van der Waals surface area contributed by atoms with Crippen molar-refractivity contribution in [3.63, 3.8) is 0 Å². The summed E-state index contributed by atoms with van der Waals surface area (Å²) in [5, 5.41) is 20.4. The minimum atomic E-state index is -0.493. The lowest BCUT2D eigenvalue weighted by atomic mass is 10.1. The van der Waals surface area contributed by atoms with E-state index in [0.717, 1.165) is 11.3 Å². The number of ether oxygens (including phenoxy) is 1. The van der Waals surface area contributed by atoms with Crippen LogP contribution in [-0.2, 0) is 0 Å². The third kappa shape index (κ3) is 5.33. The summed E-state index contributed by atoms with van der Waals surface area (Å²) in [4.78, 5) is 11.0. The molecule has 0 aliphatic heterocycles. The van der Waals surface area contributed by atoms with Gasteiger partial charge in [0.2, 0.25) is 6.54 Å². The van der Waals surface area contributed by atoms with Crippen molar-refractivity contribution in [3.8, 4) is 23.8 Å². The molecule has 0 spiro atoms. The van der Waals surface area contributed by atoms with Crippen LogP contribution in [-0.4, -0.2) is 32.8 Å². The molecule has 154 valence electrons. The first-order valence-corrected chi connectivity index (χ1v) is 10.8. The second-order valence-corrected chi connectivity index (χ2v) is 8.61. The van der Waals surface area contributed by atoms with E-state index in [0.29, 0.717) is 26.2 Å². The topological polar surface area (TPSA) is 83.1 Å². The van der Waals surface area contributed by atoms with Crippen molar-refractivity contribution >= 4 is 39.3 Å². The first-order valence-electron chi connectivity index (χ1n) is 8.71. The van der Waals surface area contributed by atoms with Crippen molar-refractivity contribution < 1.29 is 9.66 Å². The van der Waals surface area contributed by atoms with Crippen LogP contribution in [0.25, 0.3) is 5.69 Å². The number of benzene rings is 2. The fourth-order valence-electron chi connectivity index (χ4n) is 2.73. The molecule has 0 bridgehead atoms. The van der Waals surface area contributed by atoms with Crippen LogP contribution in [0.4, 0.5) is 0 Å². The SMILES string of the molecule is C#CCOc1ccc([C@H](C[N+](=O)[O-])Sc2nnc(C)n2-c2ccc(Cl)cc2)cc1Br. The number of terminal acetylenes is 1. The Morgan fingerprint density at radius 1 is 1.33 bits per heavy atom. The Hall–Kier alpha value is -2.54. The van der Waals surface area contributed by atoms with Gasteiger partial charge in [-0.25, -0.2) is 0 Å². The Bertz CT molecular complexity index is 1100. The molecule has 2 aromatic carbocycles. The van der Waals surface area contributed by atoms with E-state index in [9.17, 15) is 10.1 Å². The van der Waals surface area contributed by atoms with Gasteiger partial charge in [0.25, 0.3) is 0 Å². The van der Waals surface area contributed by atoms with Crippen LogP contribution in [0.2, 0.25) is 5.02 Å². The van der Waals surface area contributed by atoms with Crippen LogP contribution < -0.4 is 4.74 Å². The van der Waals surface area contributed by atoms with E-state index in [-0.39, 0.29) is 18.1 Å². The van der Waals surface area contributed by atoms with Gasteiger partial charge in [-0.2, -0.15) is 0 Å². The first-order chi connectivity index (χ1) is 14.4. The number of hydrogen-bond donors (Lipinski definition) is 0. The monoisotopic (exact) mass is 506 g/mol. The zero-order chi connectivity index (χ0) is 21.7. The van der Waals surface area contributed by atoms with Crippen molar-refractivity contribution in [1.29, 1.82) is 0 Å². The average Bonchev–Trinajstić information content (AvgIpc) is 3.07. The summed E-state index contributed by atoms with van der Waals surface area (Å²) in [6.07, 6.45) is 5.23. The van der Waals surface area contributed by atoms with E-state index >= 15 is 0 Å². The van der Waals surface area contributed by atoms with E-state index in [1.807, 2.05) is 23.6 Å². The van der Waals surface area contributed by atoms with Crippen molar-refractivity contribution in [2.45, 2.75) is 17.3 Å². The molecular formula is C20H16BrClN4O3S. The molecule has 10 heteroatoms. The molecule has 1 heterocycles. The molecule has 0 N–H and O–H groups in total. The molecule has 0 saturated carbocycles. The molecule has 0 fully saturated rings. The number of thioether (sulfide) groups is 1. The van der Waals surface area contributed by atoms with Gasteiger partial charge in [0.05, 0.1) is 4.47 Å². The van der Waals surface area contributed by atoms with Gasteiger partial charge in [0.1, 0.15) is 23.4 Å². The Morgan fingerprint density at radius 3 is 2.70 bits per heavy atom. The molecule has 3 aromatic rings. The van der Waals surface area contributed by atoms with Crippen molar-refractivity contribution in [2.24, 2.45) is 0 Å². The fraction of sp³-hybridized carbons (Fsp3) is 0.200. The number of aryl methyl sites for hydroxylation is 1. The Labute approximate surface area is 191 Å². The smallest absolute Gasteiger partial charge is 0.220 e. The average molecular weight is 508 g/mol. The number of nitro groups is 1. The van der Waals surface area contributed by atoms with Gasteiger partial charge in [0.15, 0.2) is 5.16 Å². The van der Waals surface area contributed by atoms with E-state index in [4.69, 9.17) is 22.8 Å². The number of nitrogens with zero attached hydrogens (tertiary/aromatic N) is 4. The van der Waals surface area contributed by atoms with Gasteiger partial charge >= 0.3 is 0 Å². The molecular weight excluding hydrogens is 492 g/mol. The standard InChI is InChI=1S/C20H16BrClN4O3S/c1-3-10-29-18-9-4-14(11-17(18)21)19(12-25(27)28)30-20-24-23-13(2)26(20)16-7-5-15(22)6-8-16/h1,4-9,11,19H,10,12H2,2H3/t19-/m0/s1. The van der Waals surface area contributed by atoms with E-state index in [2.05, 4.69) is 32.0 Å².